The third-order valence-corrected chi connectivity index (χ3v) is 3.61. The molecule has 3 rings (SSSR count). The molecule has 7 heteroatoms. The standard InChI is InChI=1S/C14H15N5OS/c1-21-14-15-5-4-13(18-14)17-10-2-3-12-11(8-10)16-9-19(12)6-7-20/h2-5,8-9,20H,6-7H2,1H3,(H,15,17,18). The number of aromatic nitrogens is 4. The van der Waals surface area contributed by atoms with Gasteiger partial charge in [-0.1, -0.05) is 11.8 Å². The number of aliphatic hydroxyl groups is 1. The van der Waals surface area contributed by atoms with Crippen LogP contribution >= 0.6 is 11.8 Å². The van der Waals surface area contributed by atoms with E-state index in [0.29, 0.717) is 6.54 Å². The van der Waals surface area contributed by atoms with Crippen LogP contribution in [0.3, 0.4) is 0 Å². The number of rotatable bonds is 5. The summed E-state index contributed by atoms with van der Waals surface area (Å²) in [6.45, 7) is 0.649. The number of imidazole rings is 1. The quantitative estimate of drug-likeness (QED) is 0.556. The van der Waals surface area contributed by atoms with E-state index in [1.54, 1.807) is 12.5 Å². The Hall–Kier alpha value is -2.12. The summed E-state index contributed by atoms with van der Waals surface area (Å²) in [5.74, 6) is 0.753. The molecular weight excluding hydrogens is 286 g/mol. The molecule has 0 fully saturated rings. The average Bonchev–Trinajstić information content (AvgIpc) is 2.90. The van der Waals surface area contributed by atoms with Crippen LogP contribution in [-0.2, 0) is 6.54 Å². The van der Waals surface area contributed by atoms with Gasteiger partial charge in [-0.2, -0.15) is 0 Å². The number of nitrogens with one attached hydrogen (secondary N) is 1. The molecule has 0 unspecified atom stereocenters. The van der Waals surface area contributed by atoms with Crippen LogP contribution in [0.15, 0.2) is 41.9 Å². The Morgan fingerprint density at radius 3 is 3.00 bits per heavy atom. The number of hydrogen-bond donors (Lipinski definition) is 2. The number of benzene rings is 1. The second-order valence-corrected chi connectivity index (χ2v) is 5.19. The number of aliphatic hydroxyl groups excluding tert-OH is 1. The SMILES string of the molecule is CSc1nccc(Nc2ccc3c(c2)ncn3CCO)n1. The van der Waals surface area contributed by atoms with E-state index in [0.717, 1.165) is 27.7 Å². The van der Waals surface area contributed by atoms with Gasteiger partial charge in [-0.15, -0.1) is 0 Å². The van der Waals surface area contributed by atoms with Gasteiger partial charge in [0.1, 0.15) is 5.82 Å². The second-order valence-electron chi connectivity index (χ2n) is 4.42. The van der Waals surface area contributed by atoms with E-state index in [2.05, 4.69) is 20.3 Å². The molecule has 0 amide bonds. The maximum Gasteiger partial charge on any atom is 0.189 e. The minimum atomic E-state index is 0.101. The third kappa shape index (κ3) is 2.98. The van der Waals surface area contributed by atoms with Crippen molar-refractivity contribution in [2.75, 3.05) is 18.2 Å². The van der Waals surface area contributed by atoms with Gasteiger partial charge >= 0.3 is 0 Å². The van der Waals surface area contributed by atoms with Gasteiger partial charge in [0, 0.05) is 18.4 Å². The van der Waals surface area contributed by atoms with Gasteiger partial charge < -0.3 is 15.0 Å². The smallest absolute Gasteiger partial charge is 0.189 e. The van der Waals surface area contributed by atoms with Crippen LogP contribution in [0.4, 0.5) is 11.5 Å². The van der Waals surface area contributed by atoms with E-state index in [1.807, 2.05) is 35.1 Å². The molecule has 1 aromatic carbocycles. The first-order valence-corrected chi connectivity index (χ1v) is 7.72. The minimum absolute atomic E-state index is 0.101. The molecule has 0 radical (unpaired) electrons. The van der Waals surface area contributed by atoms with E-state index < -0.39 is 0 Å². The Morgan fingerprint density at radius 1 is 1.29 bits per heavy atom. The van der Waals surface area contributed by atoms with Crippen LogP contribution in [0.5, 0.6) is 0 Å². The molecule has 0 saturated heterocycles. The third-order valence-electron chi connectivity index (χ3n) is 3.05. The van der Waals surface area contributed by atoms with Crippen molar-refractivity contribution in [2.45, 2.75) is 11.7 Å². The summed E-state index contributed by atoms with van der Waals surface area (Å²) in [6, 6.07) is 7.74. The monoisotopic (exact) mass is 301 g/mol. The van der Waals surface area contributed by atoms with Gasteiger partial charge in [-0.05, 0) is 30.5 Å². The van der Waals surface area contributed by atoms with Crippen LogP contribution in [-0.4, -0.2) is 37.5 Å². The van der Waals surface area contributed by atoms with Crippen LogP contribution < -0.4 is 5.32 Å². The number of hydrogen-bond acceptors (Lipinski definition) is 6. The summed E-state index contributed by atoms with van der Waals surface area (Å²) in [5.41, 5.74) is 2.80. The number of thioether (sulfide) groups is 1. The predicted molar refractivity (Wildman–Crippen MR) is 83.9 cm³/mol. The summed E-state index contributed by atoms with van der Waals surface area (Å²) >= 11 is 1.50. The molecule has 0 aliphatic carbocycles. The number of fused-ring (bicyclic) bond motifs is 1. The lowest BCUT2D eigenvalue weighted by Gasteiger charge is -2.07. The Balaban J connectivity index is 1.87. The second kappa shape index (κ2) is 6.11. The molecule has 2 N–H and O–H groups in total. The van der Waals surface area contributed by atoms with Crippen LogP contribution in [0.2, 0.25) is 0 Å². The highest BCUT2D eigenvalue weighted by Crippen LogP contribution is 2.21. The lowest BCUT2D eigenvalue weighted by molar-refractivity contribution is 0.278. The maximum atomic E-state index is 9.02. The Labute approximate surface area is 126 Å². The van der Waals surface area contributed by atoms with Crippen molar-refractivity contribution in [1.29, 1.82) is 0 Å². The zero-order valence-electron chi connectivity index (χ0n) is 11.5. The number of anilines is 2. The highest BCUT2D eigenvalue weighted by atomic mass is 32.2. The summed E-state index contributed by atoms with van der Waals surface area (Å²) < 4.78 is 1.93. The molecule has 2 aromatic heterocycles. The minimum Gasteiger partial charge on any atom is -0.395 e. The van der Waals surface area contributed by atoms with Crippen molar-refractivity contribution in [3.8, 4) is 0 Å². The largest absolute Gasteiger partial charge is 0.395 e. The molecule has 6 nitrogen and oxygen atoms in total. The van der Waals surface area contributed by atoms with E-state index in [1.165, 1.54) is 11.8 Å². The fourth-order valence-corrected chi connectivity index (χ4v) is 2.44. The fourth-order valence-electron chi connectivity index (χ4n) is 2.08. The molecule has 2 heterocycles. The Morgan fingerprint density at radius 2 is 2.19 bits per heavy atom. The zero-order valence-corrected chi connectivity index (χ0v) is 12.3. The summed E-state index contributed by atoms with van der Waals surface area (Å²) in [6.07, 6.45) is 5.41. The first kappa shape index (κ1) is 13.8. The highest BCUT2D eigenvalue weighted by Gasteiger charge is 2.04. The molecule has 0 spiro atoms. The van der Waals surface area contributed by atoms with Gasteiger partial charge in [0.05, 0.1) is 24.0 Å². The first-order chi connectivity index (χ1) is 10.3. The molecule has 0 aliphatic rings. The van der Waals surface area contributed by atoms with Crippen LogP contribution in [0.1, 0.15) is 0 Å². The van der Waals surface area contributed by atoms with Crippen molar-refractivity contribution >= 4 is 34.3 Å². The van der Waals surface area contributed by atoms with Crippen molar-refractivity contribution in [3.63, 3.8) is 0 Å². The molecule has 0 saturated carbocycles. The normalized spacial score (nSPS) is 11.0. The molecule has 3 aromatic rings. The molecule has 0 aliphatic heterocycles. The molecule has 21 heavy (non-hydrogen) atoms. The highest BCUT2D eigenvalue weighted by molar-refractivity contribution is 7.98. The first-order valence-electron chi connectivity index (χ1n) is 6.50. The molecule has 0 bridgehead atoms. The zero-order chi connectivity index (χ0) is 14.7. The van der Waals surface area contributed by atoms with Crippen molar-refractivity contribution in [3.05, 3.63) is 36.8 Å². The summed E-state index contributed by atoms with van der Waals surface area (Å²) in [7, 11) is 0. The maximum absolute atomic E-state index is 9.02. The van der Waals surface area contributed by atoms with E-state index in [9.17, 15) is 0 Å². The summed E-state index contributed by atoms with van der Waals surface area (Å²) in [5, 5.41) is 13.0. The van der Waals surface area contributed by atoms with Gasteiger partial charge in [0.15, 0.2) is 5.16 Å². The van der Waals surface area contributed by atoms with Crippen LogP contribution in [0, 0.1) is 0 Å². The van der Waals surface area contributed by atoms with Gasteiger partial charge in [-0.3, -0.25) is 0 Å². The topological polar surface area (TPSA) is 75.9 Å². The Bertz CT molecular complexity index is 758. The van der Waals surface area contributed by atoms with E-state index in [4.69, 9.17) is 5.11 Å². The lowest BCUT2D eigenvalue weighted by atomic mass is 10.2. The Kier molecular flexibility index (Phi) is 4.03. The summed E-state index contributed by atoms with van der Waals surface area (Å²) in [4.78, 5) is 12.9. The molecule has 108 valence electrons. The van der Waals surface area contributed by atoms with Gasteiger partial charge in [0.25, 0.3) is 0 Å². The van der Waals surface area contributed by atoms with Crippen molar-refractivity contribution in [2.24, 2.45) is 0 Å². The average molecular weight is 301 g/mol. The lowest BCUT2D eigenvalue weighted by Crippen LogP contribution is -2.00. The van der Waals surface area contributed by atoms with Gasteiger partial charge in [-0.25, -0.2) is 15.0 Å². The van der Waals surface area contributed by atoms with Crippen molar-refractivity contribution in [1.82, 2.24) is 19.5 Å². The fraction of sp³-hybridized carbons (Fsp3) is 0.214. The predicted octanol–water partition coefficient (Wildman–Crippen LogP) is 2.28. The van der Waals surface area contributed by atoms with Gasteiger partial charge in [0.2, 0.25) is 0 Å². The van der Waals surface area contributed by atoms with Crippen LogP contribution in [0.25, 0.3) is 11.0 Å². The van der Waals surface area contributed by atoms with E-state index in [-0.39, 0.29) is 6.61 Å². The van der Waals surface area contributed by atoms with Crippen molar-refractivity contribution < 1.29 is 5.11 Å². The number of nitrogens with zero attached hydrogens (tertiary/aromatic N) is 4. The molecular formula is C14H15N5OS. The van der Waals surface area contributed by atoms with E-state index >= 15 is 0 Å². The molecule has 0 atom stereocenters.